The molecule has 0 fully saturated rings. The predicted molar refractivity (Wildman–Crippen MR) is 25.1 cm³/mol. The molecule has 1 atom stereocenters. The van der Waals surface area contributed by atoms with E-state index in [0.29, 0.717) is 0 Å². The van der Waals surface area contributed by atoms with Crippen LogP contribution in [0.5, 0.6) is 0 Å². The van der Waals surface area contributed by atoms with Crippen molar-refractivity contribution >= 4 is 0 Å². The van der Waals surface area contributed by atoms with E-state index in [2.05, 4.69) is 6.92 Å². The Kier molecular flexibility index (Phi) is 2.88. The molecule has 0 saturated carbocycles. The molecule has 1 radical (unpaired) electrons. The molecule has 7 heavy (non-hydrogen) atoms. The van der Waals surface area contributed by atoms with Gasteiger partial charge in [-0.25, -0.2) is 8.78 Å². The lowest BCUT2D eigenvalue weighted by Gasteiger charge is -1.99. The molecule has 2 heteroatoms. The molecular weight excluding hydrogens is 98.1 g/mol. The lowest BCUT2D eigenvalue weighted by molar-refractivity contribution is 0.125. The normalized spacial score (nSPS) is 11.1. The Morgan fingerprint density at radius 3 is 2.00 bits per heavy atom. The highest BCUT2D eigenvalue weighted by Gasteiger charge is 2.03. The molecule has 0 spiro atoms. The Bertz CT molecular complexity index is 35.3. The van der Waals surface area contributed by atoms with Crippen molar-refractivity contribution in [2.45, 2.75) is 19.8 Å². The maximum absolute atomic E-state index is 11.2. The average Bonchev–Trinajstić information content (AvgIpc) is 1.27. The summed E-state index contributed by atoms with van der Waals surface area (Å²) in [5, 5.41) is 0. The van der Waals surface area contributed by atoms with Crippen LogP contribution < -0.4 is 0 Å². The van der Waals surface area contributed by atoms with E-state index in [0.717, 1.165) is 0 Å². The van der Waals surface area contributed by atoms with Gasteiger partial charge in [-0.2, -0.15) is 0 Å². The highest BCUT2D eigenvalue weighted by atomic mass is 19.3. The summed E-state index contributed by atoms with van der Waals surface area (Å²) in [5.41, 5.74) is 0. The quantitative estimate of drug-likeness (QED) is 0.507. The van der Waals surface area contributed by atoms with Gasteiger partial charge >= 0.3 is 0 Å². The van der Waals surface area contributed by atoms with Crippen LogP contribution in [0.3, 0.4) is 0 Å². The molecule has 0 aliphatic rings. The molecule has 0 aromatic carbocycles. The molecular formula is C5H9F2. The molecule has 0 rings (SSSR count). The second-order valence-electron chi connectivity index (χ2n) is 1.73. The lowest BCUT2D eigenvalue weighted by atomic mass is 10.1. The lowest BCUT2D eigenvalue weighted by Crippen LogP contribution is -1.96. The van der Waals surface area contributed by atoms with Crippen LogP contribution in [0.25, 0.3) is 0 Å². The van der Waals surface area contributed by atoms with Gasteiger partial charge < -0.3 is 0 Å². The molecule has 0 bridgehead atoms. The van der Waals surface area contributed by atoms with Gasteiger partial charge in [0.05, 0.1) is 0 Å². The maximum Gasteiger partial charge on any atom is 0.238 e. The largest absolute Gasteiger partial charge is 0.238 e. The van der Waals surface area contributed by atoms with Crippen molar-refractivity contribution in [1.82, 2.24) is 0 Å². The minimum atomic E-state index is -2.19. The first kappa shape index (κ1) is 6.86. The van der Waals surface area contributed by atoms with Crippen LogP contribution in [-0.2, 0) is 0 Å². The zero-order valence-corrected chi connectivity index (χ0v) is 4.32. The summed E-state index contributed by atoms with van der Waals surface area (Å²) in [5.74, 6) is -0.125. The Morgan fingerprint density at radius 2 is 2.00 bits per heavy atom. The third-order valence-corrected chi connectivity index (χ3v) is 0.581. The standard InChI is InChI=1S/C5H9F2/c1-4(2)3-5(6)7/h4-5H,1,3H2,2H3. The Labute approximate surface area is 42.5 Å². The van der Waals surface area contributed by atoms with Gasteiger partial charge in [0.25, 0.3) is 0 Å². The van der Waals surface area contributed by atoms with Crippen LogP contribution in [0.1, 0.15) is 13.3 Å². The monoisotopic (exact) mass is 107 g/mol. The zero-order chi connectivity index (χ0) is 5.86. The van der Waals surface area contributed by atoms with Crippen LogP contribution in [0, 0.1) is 12.8 Å². The van der Waals surface area contributed by atoms with Gasteiger partial charge in [-0.05, 0) is 5.92 Å². The zero-order valence-electron chi connectivity index (χ0n) is 4.32. The number of rotatable bonds is 2. The summed E-state index contributed by atoms with van der Waals surface area (Å²) >= 11 is 0. The number of hydrogen-bond acceptors (Lipinski definition) is 0. The van der Waals surface area contributed by atoms with E-state index in [1.54, 1.807) is 6.92 Å². The van der Waals surface area contributed by atoms with E-state index in [1.807, 2.05) is 0 Å². The van der Waals surface area contributed by atoms with Crippen LogP contribution in [0.2, 0.25) is 0 Å². The molecule has 0 heterocycles. The number of hydrogen-bond donors (Lipinski definition) is 0. The van der Waals surface area contributed by atoms with Crippen molar-refractivity contribution < 1.29 is 8.78 Å². The molecule has 0 nitrogen and oxygen atoms in total. The van der Waals surface area contributed by atoms with Gasteiger partial charge in [-0.1, -0.05) is 13.8 Å². The first-order chi connectivity index (χ1) is 3.13. The minimum Gasteiger partial charge on any atom is -0.211 e. The molecule has 0 amide bonds. The minimum absolute atomic E-state index is 0.0833. The number of alkyl halides is 2. The molecule has 0 aromatic rings. The van der Waals surface area contributed by atoms with Crippen molar-refractivity contribution in [3.8, 4) is 0 Å². The average molecular weight is 107 g/mol. The molecule has 1 unspecified atom stereocenters. The maximum atomic E-state index is 11.2. The summed E-state index contributed by atoms with van der Waals surface area (Å²) in [6.07, 6.45) is -2.27. The van der Waals surface area contributed by atoms with Crippen LogP contribution in [0.4, 0.5) is 8.78 Å². The Morgan fingerprint density at radius 1 is 1.57 bits per heavy atom. The third-order valence-electron chi connectivity index (χ3n) is 0.581. The topological polar surface area (TPSA) is 0 Å². The molecule has 0 aromatic heterocycles. The van der Waals surface area contributed by atoms with Gasteiger partial charge in [0, 0.05) is 6.42 Å². The van der Waals surface area contributed by atoms with Crippen molar-refractivity contribution in [2.24, 2.45) is 5.92 Å². The van der Waals surface area contributed by atoms with Crippen molar-refractivity contribution in [3.63, 3.8) is 0 Å². The number of halogens is 2. The van der Waals surface area contributed by atoms with E-state index >= 15 is 0 Å². The highest BCUT2D eigenvalue weighted by Crippen LogP contribution is 2.07. The van der Waals surface area contributed by atoms with Gasteiger partial charge in [-0.3, -0.25) is 0 Å². The van der Waals surface area contributed by atoms with E-state index < -0.39 is 6.43 Å². The Hall–Kier alpha value is -0.140. The first-order valence-corrected chi connectivity index (χ1v) is 2.24. The van der Waals surface area contributed by atoms with Crippen LogP contribution in [0.15, 0.2) is 0 Å². The van der Waals surface area contributed by atoms with Crippen LogP contribution >= 0.6 is 0 Å². The van der Waals surface area contributed by atoms with E-state index in [9.17, 15) is 8.78 Å². The van der Waals surface area contributed by atoms with E-state index in [-0.39, 0.29) is 12.3 Å². The first-order valence-electron chi connectivity index (χ1n) is 2.24. The molecule has 43 valence electrons. The fourth-order valence-electron chi connectivity index (χ4n) is 0.304. The van der Waals surface area contributed by atoms with Gasteiger partial charge in [-0.15, -0.1) is 0 Å². The van der Waals surface area contributed by atoms with Gasteiger partial charge in [0.15, 0.2) is 0 Å². The summed E-state index contributed by atoms with van der Waals surface area (Å²) in [4.78, 5) is 0. The highest BCUT2D eigenvalue weighted by molar-refractivity contribution is 4.53. The van der Waals surface area contributed by atoms with Crippen molar-refractivity contribution in [1.29, 1.82) is 0 Å². The van der Waals surface area contributed by atoms with E-state index in [1.165, 1.54) is 0 Å². The SMILES string of the molecule is [CH2]C(C)CC(F)F. The second-order valence-corrected chi connectivity index (χ2v) is 1.73. The fraction of sp³-hybridized carbons (Fsp3) is 0.800. The van der Waals surface area contributed by atoms with Crippen molar-refractivity contribution in [2.75, 3.05) is 0 Å². The molecule has 0 aliphatic heterocycles. The fourth-order valence-corrected chi connectivity index (χ4v) is 0.304. The summed E-state index contributed by atoms with van der Waals surface area (Å²) in [7, 11) is 0. The molecule has 0 N–H and O–H groups in total. The van der Waals surface area contributed by atoms with Gasteiger partial charge in [0.2, 0.25) is 6.43 Å². The van der Waals surface area contributed by atoms with Gasteiger partial charge in [0.1, 0.15) is 0 Å². The van der Waals surface area contributed by atoms with Crippen molar-refractivity contribution in [3.05, 3.63) is 6.92 Å². The summed E-state index contributed by atoms with van der Waals surface area (Å²) in [6.45, 7) is 5.07. The Balaban J connectivity index is 2.95. The molecule has 0 aliphatic carbocycles. The second kappa shape index (κ2) is 2.94. The van der Waals surface area contributed by atoms with E-state index in [4.69, 9.17) is 0 Å². The van der Waals surface area contributed by atoms with Crippen LogP contribution in [-0.4, -0.2) is 6.43 Å². The predicted octanol–water partition coefficient (Wildman–Crippen LogP) is 2.11. The molecule has 0 saturated heterocycles. The summed E-state index contributed by atoms with van der Waals surface area (Å²) < 4.78 is 22.5. The third kappa shape index (κ3) is 5.86. The smallest absolute Gasteiger partial charge is 0.211 e. The summed E-state index contributed by atoms with van der Waals surface area (Å²) in [6, 6.07) is 0.